The smallest absolute Gasteiger partial charge is 0.106 e. The van der Waals surface area contributed by atoms with Crippen molar-refractivity contribution in [2.24, 2.45) is 0 Å². The molecule has 0 aliphatic carbocycles. The molecule has 1 aromatic carbocycles. The second kappa shape index (κ2) is 4.77. The van der Waals surface area contributed by atoms with Gasteiger partial charge in [-0.25, -0.2) is 0 Å². The lowest BCUT2D eigenvalue weighted by Crippen LogP contribution is -2.02. The minimum atomic E-state index is -0.698. The Hall–Kier alpha value is -2.18. The summed E-state index contributed by atoms with van der Waals surface area (Å²) >= 11 is 0. The van der Waals surface area contributed by atoms with Crippen molar-refractivity contribution in [3.8, 4) is 6.07 Å². The summed E-state index contributed by atoms with van der Waals surface area (Å²) in [6, 6.07) is 10.8. The van der Waals surface area contributed by atoms with Gasteiger partial charge in [0.05, 0.1) is 11.6 Å². The van der Waals surface area contributed by atoms with Crippen molar-refractivity contribution in [1.82, 2.24) is 4.98 Å². The van der Waals surface area contributed by atoms with E-state index in [0.29, 0.717) is 5.56 Å². The first-order valence-electron chi connectivity index (χ1n) is 5.31. The zero-order valence-electron chi connectivity index (χ0n) is 9.46. The van der Waals surface area contributed by atoms with Crippen molar-refractivity contribution < 1.29 is 5.11 Å². The highest BCUT2D eigenvalue weighted by molar-refractivity contribution is 5.37. The Morgan fingerprint density at radius 3 is 2.53 bits per heavy atom. The third kappa shape index (κ3) is 2.32. The maximum Gasteiger partial charge on any atom is 0.106 e. The second-order valence-corrected chi connectivity index (χ2v) is 3.87. The van der Waals surface area contributed by atoms with Crippen molar-refractivity contribution in [3.63, 3.8) is 0 Å². The molecule has 0 amide bonds. The molecular formula is C14H12N2O. The molecule has 0 saturated heterocycles. The number of aryl methyl sites for hydroxylation is 1. The Morgan fingerprint density at radius 1 is 1.24 bits per heavy atom. The Kier molecular flexibility index (Phi) is 3.17. The Morgan fingerprint density at radius 2 is 1.94 bits per heavy atom. The van der Waals surface area contributed by atoms with E-state index in [9.17, 15) is 5.11 Å². The van der Waals surface area contributed by atoms with Gasteiger partial charge >= 0.3 is 0 Å². The monoisotopic (exact) mass is 224 g/mol. The highest BCUT2D eigenvalue weighted by atomic mass is 16.3. The van der Waals surface area contributed by atoms with E-state index in [1.807, 2.05) is 13.0 Å². The van der Waals surface area contributed by atoms with Crippen LogP contribution in [0.25, 0.3) is 0 Å². The Balaban J connectivity index is 2.34. The number of nitrogens with zero attached hydrogens (tertiary/aromatic N) is 2. The molecule has 0 radical (unpaired) electrons. The Labute approximate surface area is 100.0 Å². The molecule has 0 spiro atoms. The normalized spacial score (nSPS) is 11.8. The average molecular weight is 224 g/mol. The van der Waals surface area contributed by atoms with Gasteiger partial charge in [0, 0.05) is 18.0 Å². The van der Waals surface area contributed by atoms with Gasteiger partial charge in [-0.05, 0) is 36.2 Å². The lowest BCUT2D eigenvalue weighted by Gasteiger charge is -2.13. The van der Waals surface area contributed by atoms with E-state index >= 15 is 0 Å². The summed E-state index contributed by atoms with van der Waals surface area (Å²) in [6.07, 6.45) is 2.67. The summed E-state index contributed by atoms with van der Waals surface area (Å²) in [5.74, 6) is 0. The van der Waals surface area contributed by atoms with Crippen molar-refractivity contribution in [2.45, 2.75) is 13.0 Å². The van der Waals surface area contributed by atoms with Crippen molar-refractivity contribution in [1.29, 1.82) is 5.26 Å². The van der Waals surface area contributed by atoms with Crippen molar-refractivity contribution >= 4 is 0 Å². The topological polar surface area (TPSA) is 56.9 Å². The Bertz CT molecular complexity index is 555. The van der Waals surface area contributed by atoms with Crippen LogP contribution in [0.5, 0.6) is 0 Å². The van der Waals surface area contributed by atoms with Crippen LogP contribution in [0.2, 0.25) is 0 Å². The minimum absolute atomic E-state index is 0.587. The van der Waals surface area contributed by atoms with Gasteiger partial charge in [-0.1, -0.05) is 12.1 Å². The number of hydrogen-bond acceptors (Lipinski definition) is 3. The van der Waals surface area contributed by atoms with E-state index in [1.165, 1.54) is 0 Å². The standard InChI is InChI=1S/C14H12N2O/c1-10-6-7-16-9-13(10)14(17)12-4-2-11(8-15)3-5-12/h2-7,9,14,17H,1H3. The number of nitriles is 1. The van der Waals surface area contributed by atoms with E-state index in [0.717, 1.165) is 16.7 Å². The largest absolute Gasteiger partial charge is 0.384 e. The van der Waals surface area contributed by atoms with Crippen LogP contribution in [0.3, 0.4) is 0 Å². The minimum Gasteiger partial charge on any atom is -0.384 e. The first kappa shape index (κ1) is 11.3. The van der Waals surface area contributed by atoms with E-state index in [-0.39, 0.29) is 0 Å². The molecule has 3 nitrogen and oxygen atoms in total. The summed E-state index contributed by atoms with van der Waals surface area (Å²) in [4.78, 5) is 4.01. The van der Waals surface area contributed by atoms with Crippen LogP contribution in [0.1, 0.15) is 28.4 Å². The van der Waals surface area contributed by atoms with Gasteiger partial charge < -0.3 is 5.11 Å². The maximum atomic E-state index is 10.2. The summed E-state index contributed by atoms with van der Waals surface area (Å²) in [5, 5.41) is 18.9. The van der Waals surface area contributed by atoms with Gasteiger partial charge in [0.2, 0.25) is 0 Å². The molecule has 84 valence electrons. The number of rotatable bonds is 2. The maximum absolute atomic E-state index is 10.2. The molecule has 0 aliphatic rings. The summed E-state index contributed by atoms with van der Waals surface area (Å²) < 4.78 is 0. The first-order chi connectivity index (χ1) is 8.22. The molecule has 1 unspecified atom stereocenters. The van der Waals surface area contributed by atoms with Crippen LogP contribution in [0.15, 0.2) is 42.7 Å². The van der Waals surface area contributed by atoms with Gasteiger partial charge in [-0.15, -0.1) is 0 Å². The van der Waals surface area contributed by atoms with Crippen LogP contribution in [0, 0.1) is 18.3 Å². The second-order valence-electron chi connectivity index (χ2n) is 3.87. The number of benzene rings is 1. The van der Waals surface area contributed by atoms with Crippen molar-refractivity contribution in [2.75, 3.05) is 0 Å². The number of aliphatic hydroxyl groups excluding tert-OH is 1. The van der Waals surface area contributed by atoms with E-state index in [1.54, 1.807) is 36.7 Å². The molecule has 0 bridgehead atoms. The van der Waals surface area contributed by atoms with Crippen LogP contribution in [-0.4, -0.2) is 10.1 Å². The SMILES string of the molecule is Cc1ccncc1C(O)c1ccc(C#N)cc1. The molecule has 1 atom stereocenters. The highest BCUT2D eigenvalue weighted by Gasteiger charge is 2.12. The first-order valence-corrected chi connectivity index (χ1v) is 5.31. The van der Waals surface area contributed by atoms with Gasteiger partial charge in [0.15, 0.2) is 0 Å². The lowest BCUT2D eigenvalue weighted by molar-refractivity contribution is 0.219. The fourth-order valence-electron chi connectivity index (χ4n) is 1.68. The molecule has 17 heavy (non-hydrogen) atoms. The van der Waals surface area contributed by atoms with Crippen LogP contribution < -0.4 is 0 Å². The van der Waals surface area contributed by atoms with E-state index < -0.39 is 6.10 Å². The van der Waals surface area contributed by atoms with Crippen LogP contribution >= 0.6 is 0 Å². The molecular weight excluding hydrogens is 212 g/mol. The molecule has 1 N–H and O–H groups in total. The highest BCUT2D eigenvalue weighted by Crippen LogP contribution is 2.23. The van der Waals surface area contributed by atoms with Gasteiger partial charge in [-0.3, -0.25) is 4.98 Å². The number of hydrogen-bond donors (Lipinski definition) is 1. The van der Waals surface area contributed by atoms with Crippen LogP contribution in [0.4, 0.5) is 0 Å². The molecule has 0 fully saturated rings. The molecule has 0 aliphatic heterocycles. The van der Waals surface area contributed by atoms with E-state index in [4.69, 9.17) is 5.26 Å². The number of aliphatic hydroxyl groups is 1. The lowest BCUT2D eigenvalue weighted by atomic mass is 9.99. The summed E-state index contributed by atoms with van der Waals surface area (Å²) in [6.45, 7) is 1.93. The molecule has 0 saturated carbocycles. The predicted molar refractivity (Wildman–Crippen MR) is 64.2 cm³/mol. The fraction of sp³-hybridized carbons (Fsp3) is 0.143. The van der Waals surface area contributed by atoms with E-state index in [2.05, 4.69) is 11.1 Å². The summed E-state index contributed by atoms with van der Waals surface area (Å²) in [5.41, 5.74) is 3.14. The number of pyridine rings is 1. The van der Waals surface area contributed by atoms with Gasteiger partial charge in [-0.2, -0.15) is 5.26 Å². The quantitative estimate of drug-likeness (QED) is 0.851. The molecule has 2 rings (SSSR count). The molecule has 3 heteroatoms. The zero-order chi connectivity index (χ0) is 12.3. The molecule has 1 aromatic heterocycles. The average Bonchev–Trinajstić information content (AvgIpc) is 2.39. The predicted octanol–water partition coefficient (Wildman–Crippen LogP) is 2.34. The fourth-order valence-corrected chi connectivity index (χ4v) is 1.68. The molecule has 2 aromatic rings. The third-order valence-corrected chi connectivity index (χ3v) is 2.73. The van der Waals surface area contributed by atoms with Gasteiger partial charge in [0.25, 0.3) is 0 Å². The molecule has 1 heterocycles. The summed E-state index contributed by atoms with van der Waals surface area (Å²) in [7, 11) is 0. The third-order valence-electron chi connectivity index (χ3n) is 2.73. The number of aromatic nitrogens is 1. The van der Waals surface area contributed by atoms with Crippen LogP contribution in [-0.2, 0) is 0 Å². The van der Waals surface area contributed by atoms with Gasteiger partial charge in [0.1, 0.15) is 6.10 Å². The zero-order valence-corrected chi connectivity index (χ0v) is 9.46. The van der Waals surface area contributed by atoms with Crippen molar-refractivity contribution in [3.05, 3.63) is 65.0 Å².